The Bertz CT molecular complexity index is 1220. The van der Waals surface area contributed by atoms with Gasteiger partial charge in [0.05, 0.1) is 11.3 Å². The molecule has 0 spiro atoms. The number of amides is 1. The van der Waals surface area contributed by atoms with E-state index in [-0.39, 0.29) is 11.7 Å². The Morgan fingerprint density at radius 2 is 1.87 bits per heavy atom. The van der Waals surface area contributed by atoms with E-state index in [4.69, 9.17) is 11.6 Å². The molecule has 1 saturated heterocycles. The molecule has 1 atom stereocenters. The van der Waals surface area contributed by atoms with E-state index in [1.54, 1.807) is 18.2 Å². The van der Waals surface area contributed by atoms with E-state index in [2.05, 4.69) is 45.0 Å². The molecular weight excluding hydrogens is 498 g/mol. The summed E-state index contributed by atoms with van der Waals surface area (Å²) in [7, 11) is 0. The number of halogens is 1. The first-order valence-corrected chi connectivity index (χ1v) is 13.7. The Balaban J connectivity index is 1.33. The topological polar surface area (TPSA) is 81.6 Å². The number of nitrogens with zero attached hydrogens (tertiary/aromatic N) is 4. The highest BCUT2D eigenvalue weighted by Crippen LogP contribution is 2.28. The lowest BCUT2D eigenvalue weighted by Gasteiger charge is -2.42. The van der Waals surface area contributed by atoms with Gasteiger partial charge < -0.3 is 20.2 Å². The fourth-order valence-corrected chi connectivity index (χ4v) is 5.64. The van der Waals surface area contributed by atoms with Crippen molar-refractivity contribution in [1.82, 2.24) is 20.2 Å². The van der Waals surface area contributed by atoms with Gasteiger partial charge in [0.25, 0.3) is 5.91 Å². The van der Waals surface area contributed by atoms with E-state index >= 15 is 0 Å². The maximum atomic E-state index is 12.8. The second-order valence-electron chi connectivity index (χ2n) is 10.3. The smallest absolute Gasteiger partial charge is 0.253 e. The zero-order valence-electron chi connectivity index (χ0n) is 22.7. The van der Waals surface area contributed by atoms with Gasteiger partial charge in [-0.2, -0.15) is 0 Å². The molecule has 1 amide bonds. The van der Waals surface area contributed by atoms with E-state index in [0.29, 0.717) is 35.0 Å². The van der Waals surface area contributed by atoms with Gasteiger partial charge in [-0.3, -0.25) is 9.78 Å². The van der Waals surface area contributed by atoms with Gasteiger partial charge in [-0.15, -0.1) is 0 Å². The zero-order chi connectivity index (χ0) is 27.2. The van der Waals surface area contributed by atoms with E-state index in [1.165, 1.54) is 11.1 Å². The Morgan fingerprint density at radius 1 is 1.16 bits per heavy atom. The van der Waals surface area contributed by atoms with Crippen LogP contribution in [0.15, 0.2) is 48.8 Å². The highest BCUT2D eigenvalue weighted by molar-refractivity contribution is 6.29. The number of phenolic OH excluding ortho intramolecular Hbond substituents is 1. The molecule has 0 saturated carbocycles. The lowest BCUT2D eigenvalue weighted by molar-refractivity contribution is 0.0943. The quantitative estimate of drug-likeness (QED) is 0.355. The molecule has 1 aromatic carbocycles. The normalized spacial score (nSPS) is 15.3. The monoisotopic (exact) mass is 535 g/mol. The molecular formula is C30H38ClN5O2. The molecule has 1 fully saturated rings. The van der Waals surface area contributed by atoms with Crippen molar-refractivity contribution in [2.24, 2.45) is 0 Å². The first-order valence-electron chi connectivity index (χ1n) is 13.3. The van der Waals surface area contributed by atoms with Crippen LogP contribution in [0, 0.1) is 20.8 Å². The third-order valence-electron chi connectivity index (χ3n) is 7.67. The van der Waals surface area contributed by atoms with Gasteiger partial charge in [-0.1, -0.05) is 11.6 Å². The van der Waals surface area contributed by atoms with Gasteiger partial charge in [-0.05, 0) is 100 Å². The van der Waals surface area contributed by atoms with Crippen LogP contribution in [-0.4, -0.2) is 57.6 Å². The molecule has 0 radical (unpaired) electrons. The Kier molecular flexibility index (Phi) is 9.23. The van der Waals surface area contributed by atoms with Crippen LogP contribution < -0.4 is 10.2 Å². The van der Waals surface area contributed by atoms with Crippen molar-refractivity contribution in [3.05, 3.63) is 81.9 Å². The summed E-state index contributed by atoms with van der Waals surface area (Å²) in [5.41, 5.74) is 5.67. The molecule has 4 rings (SSSR count). The van der Waals surface area contributed by atoms with Gasteiger partial charge >= 0.3 is 0 Å². The SMILES string of the molecule is Cc1ccncc1CN(c1ccc(O)cc1)C1CCN(C(C)CCNC(=O)c2c(C)cc(Cl)nc2C)CC1. The summed E-state index contributed by atoms with van der Waals surface area (Å²) in [6, 6.07) is 12.1. The molecule has 0 bridgehead atoms. The fourth-order valence-electron chi connectivity index (χ4n) is 5.35. The molecule has 7 nitrogen and oxygen atoms in total. The first kappa shape index (κ1) is 27.9. The number of likely N-dealkylation sites (tertiary alicyclic amines) is 1. The van der Waals surface area contributed by atoms with Crippen LogP contribution in [-0.2, 0) is 6.54 Å². The van der Waals surface area contributed by atoms with Crippen LogP contribution in [0.2, 0.25) is 5.15 Å². The summed E-state index contributed by atoms with van der Waals surface area (Å²) in [4.78, 5) is 26.3. The second kappa shape index (κ2) is 12.6. The number of aryl methyl sites for hydroxylation is 3. The Hall–Kier alpha value is -3.16. The maximum absolute atomic E-state index is 12.8. The van der Waals surface area contributed by atoms with Crippen LogP contribution >= 0.6 is 11.6 Å². The second-order valence-corrected chi connectivity index (χ2v) is 10.7. The largest absolute Gasteiger partial charge is 0.508 e. The summed E-state index contributed by atoms with van der Waals surface area (Å²) in [5.74, 6) is 0.185. The molecule has 38 heavy (non-hydrogen) atoms. The van der Waals surface area contributed by atoms with Crippen LogP contribution in [0.3, 0.4) is 0 Å². The molecule has 3 heterocycles. The molecule has 1 unspecified atom stereocenters. The van der Waals surface area contributed by atoms with Gasteiger partial charge in [-0.25, -0.2) is 4.98 Å². The standard InChI is InChI=1S/C30H38ClN5O2/c1-20-9-13-32-18-24(20)19-36(25-5-7-27(37)8-6-25)26-11-15-35(16-12-26)22(3)10-14-33-30(38)29-21(2)17-28(31)34-23(29)4/h5-9,13,17-18,22,26,37H,10-12,14-16,19H2,1-4H3,(H,33,38). The number of phenols is 1. The van der Waals surface area contributed by atoms with E-state index in [1.807, 2.05) is 38.4 Å². The van der Waals surface area contributed by atoms with Crippen molar-refractivity contribution in [2.45, 2.75) is 65.6 Å². The molecule has 202 valence electrons. The predicted octanol–water partition coefficient (Wildman–Crippen LogP) is 5.44. The number of anilines is 1. The average molecular weight is 536 g/mol. The number of hydrogen-bond donors (Lipinski definition) is 2. The summed E-state index contributed by atoms with van der Waals surface area (Å²) < 4.78 is 0. The number of pyridine rings is 2. The first-order chi connectivity index (χ1) is 18.2. The van der Waals surface area contributed by atoms with Crippen molar-refractivity contribution in [3.63, 3.8) is 0 Å². The molecule has 0 aliphatic carbocycles. The van der Waals surface area contributed by atoms with Gasteiger partial charge in [0.2, 0.25) is 0 Å². The van der Waals surface area contributed by atoms with Crippen molar-refractivity contribution in [1.29, 1.82) is 0 Å². The summed E-state index contributed by atoms with van der Waals surface area (Å²) in [6.45, 7) is 11.5. The van der Waals surface area contributed by atoms with Crippen molar-refractivity contribution in [3.8, 4) is 5.75 Å². The molecule has 8 heteroatoms. The van der Waals surface area contributed by atoms with E-state index in [0.717, 1.165) is 50.1 Å². The van der Waals surface area contributed by atoms with E-state index < -0.39 is 0 Å². The average Bonchev–Trinajstić information content (AvgIpc) is 2.88. The molecule has 3 aromatic rings. The maximum Gasteiger partial charge on any atom is 0.253 e. The highest BCUT2D eigenvalue weighted by atomic mass is 35.5. The number of carbonyl (C=O) groups excluding carboxylic acids is 1. The minimum Gasteiger partial charge on any atom is -0.508 e. The third kappa shape index (κ3) is 6.83. The molecule has 2 N–H and O–H groups in total. The number of rotatable bonds is 9. The number of piperidine rings is 1. The summed E-state index contributed by atoms with van der Waals surface area (Å²) >= 11 is 6.01. The third-order valence-corrected chi connectivity index (χ3v) is 7.87. The lowest BCUT2D eigenvalue weighted by atomic mass is 9.99. The molecule has 2 aromatic heterocycles. The van der Waals surface area contributed by atoms with E-state index in [9.17, 15) is 9.90 Å². The fraction of sp³-hybridized carbons (Fsp3) is 0.433. The van der Waals surface area contributed by atoms with Crippen molar-refractivity contribution in [2.75, 3.05) is 24.5 Å². The van der Waals surface area contributed by atoms with Gasteiger partial charge in [0.15, 0.2) is 0 Å². The highest BCUT2D eigenvalue weighted by Gasteiger charge is 2.27. The number of aromatic nitrogens is 2. The van der Waals surface area contributed by atoms with Crippen molar-refractivity contribution >= 4 is 23.2 Å². The minimum absolute atomic E-state index is 0.0923. The Morgan fingerprint density at radius 3 is 2.53 bits per heavy atom. The number of nitrogens with one attached hydrogen (secondary N) is 1. The van der Waals surface area contributed by atoms with Crippen LogP contribution in [0.5, 0.6) is 5.75 Å². The summed E-state index contributed by atoms with van der Waals surface area (Å²) in [6.07, 6.45) is 6.77. The summed E-state index contributed by atoms with van der Waals surface area (Å²) in [5, 5.41) is 13.3. The molecule has 1 aliphatic rings. The van der Waals surface area contributed by atoms with Crippen molar-refractivity contribution < 1.29 is 9.90 Å². The van der Waals surface area contributed by atoms with Crippen LogP contribution in [0.25, 0.3) is 0 Å². The van der Waals surface area contributed by atoms with Gasteiger partial charge in [0.1, 0.15) is 10.9 Å². The van der Waals surface area contributed by atoms with Crippen LogP contribution in [0.4, 0.5) is 5.69 Å². The minimum atomic E-state index is -0.0923. The number of aromatic hydroxyl groups is 1. The zero-order valence-corrected chi connectivity index (χ0v) is 23.5. The molecule has 1 aliphatic heterocycles. The number of benzene rings is 1. The van der Waals surface area contributed by atoms with Crippen LogP contribution in [0.1, 0.15) is 58.9 Å². The Labute approximate surface area is 230 Å². The number of hydrogen-bond acceptors (Lipinski definition) is 6. The van der Waals surface area contributed by atoms with Gasteiger partial charge in [0, 0.05) is 56.3 Å². The lowest BCUT2D eigenvalue weighted by Crippen LogP contribution is -2.48. The number of carbonyl (C=O) groups is 1. The predicted molar refractivity (Wildman–Crippen MR) is 153 cm³/mol.